The number of imidazole rings is 1. The Hall–Kier alpha value is -2.46. The number of aryl methyl sites for hydroxylation is 1. The Kier molecular flexibility index (Phi) is 4.60. The highest BCUT2D eigenvalue weighted by atomic mass is 127. The summed E-state index contributed by atoms with van der Waals surface area (Å²) in [7, 11) is -3.66. The number of aromatic nitrogens is 3. The van der Waals surface area contributed by atoms with Crippen LogP contribution in [0.25, 0.3) is 17.0 Å². The second-order valence-electron chi connectivity index (χ2n) is 5.98. The first-order valence-corrected chi connectivity index (χ1v) is 10.7. The van der Waals surface area contributed by atoms with E-state index in [2.05, 4.69) is 37.3 Å². The summed E-state index contributed by atoms with van der Waals surface area (Å²) in [5.74, 6) is 0.606. The minimum atomic E-state index is -3.66. The Morgan fingerprint density at radius 3 is 2.59 bits per heavy atom. The summed E-state index contributed by atoms with van der Waals surface area (Å²) in [6, 6.07) is 15.7. The van der Waals surface area contributed by atoms with Crippen LogP contribution in [0.3, 0.4) is 0 Å². The highest BCUT2D eigenvalue weighted by Gasteiger charge is 2.16. The molecule has 0 bridgehead atoms. The van der Waals surface area contributed by atoms with Gasteiger partial charge in [0.25, 0.3) is 10.0 Å². The first-order chi connectivity index (χ1) is 12.9. The topological polar surface area (TPSA) is 76.4 Å². The van der Waals surface area contributed by atoms with Gasteiger partial charge in [0.05, 0.1) is 10.6 Å². The van der Waals surface area contributed by atoms with Gasteiger partial charge < -0.3 is 0 Å². The summed E-state index contributed by atoms with van der Waals surface area (Å²) in [6.45, 7) is 1.96. The van der Waals surface area contributed by atoms with E-state index in [4.69, 9.17) is 0 Å². The molecular weight excluding hydrogens is 475 g/mol. The standard InChI is InChI=1S/C19H15IN4O2S/c1-13-18(22-19-21-10-3-11-24(13)19)14-4-2-5-16(12-14)23-27(25,26)17-8-6-15(20)7-9-17/h2-12,23H,1H3. The zero-order valence-corrected chi connectivity index (χ0v) is 17.3. The Balaban J connectivity index is 1.70. The number of nitrogens with one attached hydrogen (secondary N) is 1. The second-order valence-corrected chi connectivity index (χ2v) is 8.90. The molecular formula is C19H15IN4O2S. The van der Waals surface area contributed by atoms with Crippen LogP contribution in [0.2, 0.25) is 0 Å². The van der Waals surface area contributed by atoms with E-state index in [1.807, 2.05) is 29.7 Å². The number of anilines is 1. The normalized spacial score (nSPS) is 11.6. The quantitative estimate of drug-likeness (QED) is 0.437. The molecule has 2 heterocycles. The van der Waals surface area contributed by atoms with Crippen molar-refractivity contribution in [2.75, 3.05) is 4.72 Å². The van der Waals surface area contributed by atoms with Gasteiger partial charge in [-0.15, -0.1) is 0 Å². The van der Waals surface area contributed by atoms with Crippen molar-refractivity contribution in [2.24, 2.45) is 0 Å². The van der Waals surface area contributed by atoms with E-state index < -0.39 is 10.0 Å². The van der Waals surface area contributed by atoms with E-state index in [1.165, 1.54) is 0 Å². The minimum absolute atomic E-state index is 0.224. The van der Waals surface area contributed by atoms with Crippen LogP contribution in [-0.2, 0) is 10.0 Å². The summed E-state index contributed by atoms with van der Waals surface area (Å²) < 4.78 is 30.8. The number of fused-ring (bicyclic) bond motifs is 1. The number of benzene rings is 2. The van der Waals surface area contributed by atoms with Crippen LogP contribution >= 0.6 is 22.6 Å². The fourth-order valence-electron chi connectivity index (χ4n) is 2.83. The summed E-state index contributed by atoms with van der Waals surface area (Å²) in [5.41, 5.74) is 3.01. The van der Waals surface area contributed by atoms with Gasteiger partial charge in [-0.3, -0.25) is 9.12 Å². The van der Waals surface area contributed by atoms with Crippen molar-refractivity contribution in [2.45, 2.75) is 11.8 Å². The zero-order chi connectivity index (χ0) is 19.0. The maximum absolute atomic E-state index is 12.6. The molecule has 0 atom stereocenters. The predicted molar refractivity (Wildman–Crippen MR) is 113 cm³/mol. The number of hydrogen-bond acceptors (Lipinski definition) is 4. The highest BCUT2D eigenvalue weighted by molar-refractivity contribution is 14.1. The van der Waals surface area contributed by atoms with E-state index in [9.17, 15) is 8.42 Å². The van der Waals surface area contributed by atoms with E-state index in [-0.39, 0.29) is 4.90 Å². The number of rotatable bonds is 4. The van der Waals surface area contributed by atoms with Crippen molar-refractivity contribution >= 4 is 44.1 Å². The third-order valence-corrected chi connectivity index (χ3v) is 6.27. The van der Waals surface area contributed by atoms with Gasteiger partial charge >= 0.3 is 0 Å². The van der Waals surface area contributed by atoms with Gasteiger partial charge in [-0.2, -0.15) is 0 Å². The molecule has 2 aromatic heterocycles. The molecule has 4 rings (SSSR count). The molecule has 0 aliphatic heterocycles. The van der Waals surface area contributed by atoms with Gasteiger partial charge in [0.1, 0.15) is 0 Å². The van der Waals surface area contributed by atoms with Crippen LogP contribution in [-0.4, -0.2) is 22.8 Å². The molecule has 2 aromatic carbocycles. The fraction of sp³-hybridized carbons (Fsp3) is 0.0526. The first kappa shape index (κ1) is 17.9. The van der Waals surface area contributed by atoms with Crippen LogP contribution in [0.1, 0.15) is 5.69 Å². The fourth-order valence-corrected chi connectivity index (χ4v) is 4.24. The van der Waals surface area contributed by atoms with Crippen molar-refractivity contribution in [3.63, 3.8) is 0 Å². The molecule has 0 saturated carbocycles. The summed E-state index contributed by atoms with van der Waals surface area (Å²) in [4.78, 5) is 9.04. The molecule has 0 unspecified atom stereocenters. The second kappa shape index (κ2) is 6.93. The molecule has 6 nitrogen and oxygen atoms in total. The molecule has 4 aromatic rings. The first-order valence-electron chi connectivity index (χ1n) is 8.12. The third-order valence-electron chi connectivity index (χ3n) is 4.15. The molecule has 0 aliphatic carbocycles. The van der Waals surface area contributed by atoms with Crippen molar-refractivity contribution < 1.29 is 8.42 Å². The SMILES string of the molecule is Cc1c(-c2cccc(NS(=O)(=O)c3ccc(I)cc3)c2)nc2ncccn12. The Labute approximate surface area is 170 Å². The Morgan fingerprint density at radius 1 is 1.07 bits per heavy atom. The van der Waals surface area contributed by atoms with E-state index in [0.29, 0.717) is 11.5 Å². The van der Waals surface area contributed by atoms with Gasteiger partial charge in [-0.25, -0.2) is 18.4 Å². The average molecular weight is 490 g/mol. The lowest BCUT2D eigenvalue weighted by Gasteiger charge is -2.09. The van der Waals surface area contributed by atoms with E-state index in [0.717, 1.165) is 20.5 Å². The molecule has 0 radical (unpaired) electrons. The van der Waals surface area contributed by atoms with Crippen LogP contribution in [0.4, 0.5) is 5.69 Å². The minimum Gasteiger partial charge on any atom is -0.288 e. The number of nitrogens with zero attached hydrogens (tertiary/aromatic N) is 3. The largest absolute Gasteiger partial charge is 0.288 e. The smallest absolute Gasteiger partial charge is 0.261 e. The van der Waals surface area contributed by atoms with Gasteiger partial charge in [-0.05, 0) is 72.0 Å². The molecule has 0 aliphatic rings. The average Bonchev–Trinajstić information content (AvgIpc) is 2.99. The van der Waals surface area contributed by atoms with E-state index >= 15 is 0 Å². The van der Waals surface area contributed by atoms with Crippen molar-refractivity contribution in [1.29, 1.82) is 0 Å². The van der Waals surface area contributed by atoms with E-state index in [1.54, 1.807) is 48.7 Å². The number of sulfonamides is 1. The van der Waals surface area contributed by atoms with Crippen molar-refractivity contribution in [3.8, 4) is 11.3 Å². The Morgan fingerprint density at radius 2 is 1.85 bits per heavy atom. The molecule has 1 N–H and O–H groups in total. The summed E-state index contributed by atoms with van der Waals surface area (Å²) in [5, 5.41) is 0. The predicted octanol–water partition coefficient (Wildman–Crippen LogP) is 4.11. The maximum Gasteiger partial charge on any atom is 0.261 e. The number of hydrogen-bond donors (Lipinski definition) is 1. The zero-order valence-electron chi connectivity index (χ0n) is 14.3. The van der Waals surface area contributed by atoms with Crippen molar-refractivity contribution in [3.05, 3.63) is 76.3 Å². The molecule has 27 heavy (non-hydrogen) atoms. The van der Waals surface area contributed by atoms with Crippen LogP contribution in [0, 0.1) is 10.5 Å². The molecule has 8 heteroatoms. The molecule has 0 spiro atoms. The lowest BCUT2D eigenvalue weighted by atomic mass is 10.1. The van der Waals surface area contributed by atoms with Crippen LogP contribution < -0.4 is 4.72 Å². The molecule has 0 amide bonds. The van der Waals surface area contributed by atoms with Crippen molar-refractivity contribution in [1.82, 2.24) is 14.4 Å². The summed E-state index contributed by atoms with van der Waals surface area (Å²) in [6.07, 6.45) is 3.59. The molecule has 0 fully saturated rings. The number of halogens is 1. The lowest BCUT2D eigenvalue weighted by molar-refractivity contribution is 0.601. The monoisotopic (exact) mass is 490 g/mol. The molecule has 136 valence electrons. The van der Waals surface area contributed by atoms with Gasteiger partial charge in [-0.1, -0.05) is 12.1 Å². The third kappa shape index (κ3) is 3.54. The highest BCUT2D eigenvalue weighted by Crippen LogP contribution is 2.26. The van der Waals surface area contributed by atoms with Crippen LogP contribution in [0.15, 0.2) is 71.9 Å². The van der Waals surface area contributed by atoms with Gasteiger partial charge in [0.15, 0.2) is 0 Å². The van der Waals surface area contributed by atoms with Gasteiger partial charge in [0.2, 0.25) is 5.78 Å². The maximum atomic E-state index is 12.6. The van der Waals surface area contributed by atoms with Gasteiger partial charge in [0, 0.05) is 32.9 Å². The lowest BCUT2D eigenvalue weighted by Crippen LogP contribution is -2.12. The molecule has 0 saturated heterocycles. The summed E-state index contributed by atoms with van der Waals surface area (Å²) >= 11 is 2.14. The van der Waals surface area contributed by atoms with Crippen LogP contribution in [0.5, 0.6) is 0 Å². The Bertz CT molecular complexity index is 1230.